The van der Waals surface area contributed by atoms with Crippen molar-refractivity contribution in [3.63, 3.8) is 0 Å². The van der Waals surface area contributed by atoms with E-state index in [0.717, 1.165) is 17.7 Å². The zero-order chi connectivity index (χ0) is 11.4. The zero-order valence-corrected chi connectivity index (χ0v) is 9.60. The lowest BCUT2D eigenvalue weighted by Gasteiger charge is -2.13. The molecule has 3 heteroatoms. The Hall–Kier alpha value is -1.77. The topological polar surface area (TPSA) is 38.1 Å². The Kier molecular flexibility index (Phi) is 3.25. The first-order valence-corrected chi connectivity index (χ1v) is 5.56. The SMILES string of the molecule is CCC(C)Nc1cccc(-c2ncco2)c1. The van der Waals surface area contributed by atoms with Crippen LogP contribution in [0, 0.1) is 0 Å². The van der Waals surface area contributed by atoms with Crippen LogP contribution < -0.4 is 5.32 Å². The molecule has 0 aliphatic rings. The first kappa shape index (κ1) is 10.7. The standard InChI is InChI=1S/C13H16N2O/c1-3-10(2)15-12-6-4-5-11(9-12)13-14-7-8-16-13/h4-10,15H,3H2,1-2H3. The van der Waals surface area contributed by atoms with Crippen molar-refractivity contribution >= 4 is 5.69 Å². The van der Waals surface area contributed by atoms with Crippen molar-refractivity contribution < 1.29 is 4.42 Å². The van der Waals surface area contributed by atoms with Gasteiger partial charge in [0, 0.05) is 17.3 Å². The molecule has 0 spiro atoms. The molecule has 0 aliphatic carbocycles. The fourth-order valence-corrected chi connectivity index (χ4v) is 1.49. The van der Waals surface area contributed by atoms with Crippen molar-refractivity contribution in [2.24, 2.45) is 0 Å². The minimum Gasteiger partial charge on any atom is -0.445 e. The largest absolute Gasteiger partial charge is 0.445 e. The lowest BCUT2D eigenvalue weighted by atomic mass is 10.1. The molecule has 1 unspecified atom stereocenters. The van der Waals surface area contributed by atoms with E-state index < -0.39 is 0 Å². The molecule has 1 aromatic heterocycles. The molecule has 0 amide bonds. The number of nitrogens with one attached hydrogen (secondary N) is 1. The molecule has 1 N–H and O–H groups in total. The Bertz CT molecular complexity index is 437. The smallest absolute Gasteiger partial charge is 0.225 e. The molecule has 1 heterocycles. The minimum absolute atomic E-state index is 0.472. The molecule has 0 saturated heterocycles. The van der Waals surface area contributed by atoms with Crippen LogP contribution >= 0.6 is 0 Å². The Morgan fingerprint density at radius 2 is 2.31 bits per heavy atom. The van der Waals surface area contributed by atoms with Gasteiger partial charge >= 0.3 is 0 Å². The van der Waals surface area contributed by atoms with Crippen molar-refractivity contribution in [3.8, 4) is 11.5 Å². The van der Waals surface area contributed by atoms with E-state index in [2.05, 4.69) is 36.3 Å². The average molecular weight is 216 g/mol. The van der Waals surface area contributed by atoms with Crippen LogP contribution in [0.5, 0.6) is 0 Å². The molecule has 0 radical (unpaired) electrons. The van der Waals surface area contributed by atoms with Crippen molar-refractivity contribution in [2.45, 2.75) is 26.3 Å². The number of hydrogen-bond acceptors (Lipinski definition) is 3. The number of hydrogen-bond donors (Lipinski definition) is 1. The minimum atomic E-state index is 0.472. The van der Waals surface area contributed by atoms with Gasteiger partial charge in [0.25, 0.3) is 0 Å². The van der Waals surface area contributed by atoms with Crippen molar-refractivity contribution in [2.75, 3.05) is 5.32 Å². The normalized spacial score (nSPS) is 12.4. The summed E-state index contributed by atoms with van der Waals surface area (Å²) in [6, 6.07) is 8.58. The number of aromatic nitrogens is 1. The fourth-order valence-electron chi connectivity index (χ4n) is 1.49. The molecule has 0 aliphatic heterocycles. The lowest BCUT2D eigenvalue weighted by Crippen LogP contribution is -2.13. The predicted molar refractivity (Wildman–Crippen MR) is 65.3 cm³/mol. The highest BCUT2D eigenvalue weighted by atomic mass is 16.3. The Morgan fingerprint density at radius 3 is 3.00 bits per heavy atom. The molecule has 1 atom stereocenters. The second-order valence-corrected chi connectivity index (χ2v) is 3.87. The highest BCUT2D eigenvalue weighted by Crippen LogP contribution is 2.21. The maximum Gasteiger partial charge on any atom is 0.225 e. The lowest BCUT2D eigenvalue weighted by molar-refractivity contribution is 0.574. The van der Waals surface area contributed by atoms with Crippen LogP contribution in [0.1, 0.15) is 20.3 Å². The first-order chi connectivity index (χ1) is 7.79. The monoisotopic (exact) mass is 216 g/mol. The van der Waals surface area contributed by atoms with E-state index in [1.165, 1.54) is 0 Å². The molecule has 16 heavy (non-hydrogen) atoms. The van der Waals surface area contributed by atoms with Gasteiger partial charge in [0.05, 0.1) is 6.20 Å². The van der Waals surface area contributed by atoms with E-state index in [1.54, 1.807) is 12.5 Å². The van der Waals surface area contributed by atoms with Gasteiger partial charge in [0.15, 0.2) is 0 Å². The van der Waals surface area contributed by atoms with Gasteiger partial charge in [-0.15, -0.1) is 0 Å². The quantitative estimate of drug-likeness (QED) is 0.849. The second kappa shape index (κ2) is 4.84. The third kappa shape index (κ3) is 2.42. The number of oxazole rings is 1. The highest BCUT2D eigenvalue weighted by Gasteiger charge is 2.04. The summed E-state index contributed by atoms with van der Waals surface area (Å²) in [7, 11) is 0. The molecule has 1 aromatic carbocycles. The van der Waals surface area contributed by atoms with Gasteiger partial charge in [-0.2, -0.15) is 0 Å². The van der Waals surface area contributed by atoms with Crippen LogP contribution in [0.25, 0.3) is 11.5 Å². The number of rotatable bonds is 4. The summed E-state index contributed by atoms with van der Waals surface area (Å²) in [5, 5.41) is 3.42. The molecule has 2 aromatic rings. The van der Waals surface area contributed by atoms with Crippen molar-refractivity contribution in [3.05, 3.63) is 36.7 Å². The van der Waals surface area contributed by atoms with Gasteiger partial charge in [0.1, 0.15) is 6.26 Å². The summed E-state index contributed by atoms with van der Waals surface area (Å²) in [5.41, 5.74) is 2.10. The summed E-state index contributed by atoms with van der Waals surface area (Å²) in [6.45, 7) is 4.33. The molecule has 0 fully saturated rings. The highest BCUT2D eigenvalue weighted by molar-refractivity contribution is 5.61. The first-order valence-electron chi connectivity index (χ1n) is 5.56. The zero-order valence-electron chi connectivity index (χ0n) is 9.60. The van der Waals surface area contributed by atoms with E-state index in [1.807, 2.05) is 12.1 Å². The third-order valence-corrected chi connectivity index (χ3v) is 2.57. The maximum absolute atomic E-state index is 5.27. The van der Waals surface area contributed by atoms with E-state index in [4.69, 9.17) is 4.42 Å². The fraction of sp³-hybridized carbons (Fsp3) is 0.308. The Balaban J connectivity index is 2.20. The number of nitrogens with zero attached hydrogens (tertiary/aromatic N) is 1. The van der Waals surface area contributed by atoms with E-state index in [-0.39, 0.29) is 0 Å². The molecular weight excluding hydrogens is 200 g/mol. The van der Waals surface area contributed by atoms with Crippen LogP contribution in [0.2, 0.25) is 0 Å². The second-order valence-electron chi connectivity index (χ2n) is 3.87. The Morgan fingerprint density at radius 1 is 1.44 bits per heavy atom. The average Bonchev–Trinajstić information content (AvgIpc) is 2.83. The van der Waals surface area contributed by atoms with Gasteiger partial charge in [-0.05, 0) is 31.5 Å². The van der Waals surface area contributed by atoms with Crippen LogP contribution in [-0.4, -0.2) is 11.0 Å². The molecule has 0 bridgehead atoms. The molecule has 2 rings (SSSR count). The van der Waals surface area contributed by atoms with Gasteiger partial charge in [0.2, 0.25) is 5.89 Å². The van der Waals surface area contributed by atoms with Gasteiger partial charge in [-0.3, -0.25) is 0 Å². The van der Waals surface area contributed by atoms with Gasteiger partial charge in [-0.1, -0.05) is 13.0 Å². The summed E-state index contributed by atoms with van der Waals surface area (Å²) in [6.07, 6.45) is 4.34. The van der Waals surface area contributed by atoms with E-state index in [9.17, 15) is 0 Å². The molecule has 3 nitrogen and oxygen atoms in total. The summed E-state index contributed by atoms with van der Waals surface area (Å²) >= 11 is 0. The van der Waals surface area contributed by atoms with Crippen LogP contribution in [0.4, 0.5) is 5.69 Å². The van der Waals surface area contributed by atoms with E-state index >= 15 is 0 Å². The number of benzene rings is 1. The molecule has 84 valence electrons. The van der Waals surface area contributed by atoms with Crippen molar-refractivity contribution in [1.82, 2.24) is 4.98 Å². The van der Waals surface area contributed by atoms with Crippen molar-refractivity contribution in [1.29, 1.82) is 0 Å². The summed E-state index contributed by atoms with van der Waals surface area (Å²) in [4.78, 5) is 4.13. The molecular formula is C13H16N2O. The van der Waals surface area contributed by atoms with Crippen LogP contribution in [0.3, 0.4) is 0 Å². The summed E-state index contributed by atoms with van der Waals surface area (Å²) < 4.78 is 5.27. The third-order valence-electron chi connectivity index (χ3n) is 2.57. The Labute approximate surface area is 95.5 Å². The number of anilines is 1. The van der Waals surface area contributed by atoms with Gasteiger partial charge in [-0.25, -0.2) is 4.98 Å². The maximum atomic E-state index is 5.27. The van der Waals surface area contributed by atoms with E-state index in [0.29, 0.717) is 11.9 Å². The van der Waals surface area contributed by atoms with Gasteiger partial charge < -0.3 is 9.73 Å². The molecule has 0 saturated carbocycles. The summed E-state index contributed by atoms with van der Waals surface area (Å²) in [5.74, 6) is 0.660. The van der Waals surface area contributed by atoms with Crippen LogP contribution in [-0.2, 0) is 0 Å². The predicted octanol–water partition coefficient (Wildman–Crippen LogP) is 3.55. The van der Waals surface area contributed by atoms with Crippen LogP contribution in [0.15, 0.2) is 41.1 Å².